The van der Waals surface area contributed by atoms with Crippen molar-refractivity contribution in [1.29, 1.82) is 0 Å². The SMILES string of the molecule is COC(=O)c1c(C)[nH]c(C(=O)COc2ccc(C)c(C)c2)c1C. The van der Waals surface area contributed by atoms with Crippen LogP contribution in [0.15, 0.2) is 18.2 Å². The molecule has 1 aromatic carbocycles. The number of hydrogen-bond donors (Lipinski definition) is 1. The number of carbonyl (C=O) groups is 2. The van der Waals surface area contributed by atoms with Crippen LogP contribution in [0.3, 0.4) is 0 Å². The molecule has 0 saturated carbocycles. The van der Waals surface area contributed by atoms with Crippen LogP contribution in [0.4, 0.5) is 0 Å². The van der Waals surface area contributed by atoms with Gasteiger partial charge in [-0.2, -0.15) is 0 Å². The second-order valence-electron chi connectivity index (χ2n) is 5.57. The minimum absolute atomic E-state index is 0.0933. The van der Waals surface area contributed by atoms with Gasteiger partial charge in [-0.25, -0.2) is 4.79 Å². The quantitative estimate of drug-likeness (QED) is 0.679. The van der Waals surface area contributed by atoms with Gasteiger partial charge in [0.2, 0.25) is 5.78 Å². The first-order chi connectivity index (χ1) is 10.8. The standard InChI is InChI=1S/C18H21NO4/c1-10-6-7-14(8-11(10)2)23-9-15(20)17-12(3)16(13(4)19-17)18(21)22-5/h6-8,19H,9H2,1-5H3. The molecular formula is C18H21NO4. The van der Waals surface area contributed by atoms with Crippen LogP contribution >= 0.6 is 0 Å². The number of nitrogens with one attached hydrogen (secondary N) is 1. The van der Waals surface area contributed by atoms with E-state index in [1.54, 1.807) is 13.8 Å². The minimum atomic E-state index is -0.453. The number of H-pyrrole nitrogens is 1. The maximum Gasteiger partial charge on any atom is 0.339 e. The van der Waals surface area contributed by atoms with Crippen molar-refractivity contribution in [2.75, 3.05) is 13.7 Å². The molecular weight excluding hydrogens is 294 g/mol. The summed E-state index contributed by atoms with van der Waals surface area (Å²) in [6, 6.07) is 5.69. The van der Waals surface area contributed by atoms with Crippen molar-refractivity contribution in [3.8, 4) is 5.75 Å². The number of ether oxygens (including phenoxy) is 2. The topological polar surface area (TPSA) is 68.4 Å². The molecule has 2 rings (SSSR count). The van der Waals surface area contributed by atoms with Gasteiger partial charge < -0.3 is 14.5 Å². The number of esters is 1. The summed E-state index contributed by atoms with van der Waals surface area (Å²) in [6.07, 6.45) is 0. The summed E-state index contributed by atoms with van der Waals surface area (Å²) in [6.45, 7) is 7.37. The van der Waals surface area contributed by atoms with Crippen LogP contribution < -0.4 is 4.74 Å². The molecule has 5 heteroatoms. The summed E-state index contributed by atoms with van der Waals surface area (Å²) < 4.78 is 10.3. The Kier molecular flexibility index (Phi) is 4.89. The normalized spacial score (nSPS) is 10.5. The molecule has 0 unspecified atom stereocenters. The molecule has 23 heavy (non-hydrogen) atoms. The first kappa shape index (κ1) is 16.8. The molecule has 0 bridgehead atoms. The van der Waals surface area contributed by atoms with Crippen molar-refractivity contribution in [3.05, 3.63) is 51.8 Å². The Hall–Kier alpha value is -2.56. The van der Waals surface area contributed by atoms with E-state index in [4.69, 9.17) is 9.47 Å². The lowest BCUT2D eigenvalue weighted by Gasteiger charge is -2.07. The van der Waals surface area contributed by atoms with Gasteiger partial charge in [-0.3, -0.25) is 4.79 Å². The van der Waals surface area contributed by atoms with Crippen LogP contribution in [0.25, 0.3) is 0 Å². The van der Waals surface area contributed by atoms with Gasteiger partial charge in [0.25, 0.3) is 0 Å². The fourth-order valence-corrected chi connectivity index (χ4v) is 2.46. The van der Waals surface area contributed by atoms with Crippen LogP contribution in [-0.4, -0.2) is 30.5 Å². The van der Waals surface area contributed by atoms with E-state index >= 15 is 0 Å². The largest absolute Gasteiger partial charge is 0.485 e. The molecule has 2 aromatic rings. The zero-order chi connectivity index (χ0) is 17.1. The average molecular weight is 315 g/mol. The Bertz CT molecular complexity index is 759. The number of aromatic nitrogens is 1. The molecule has 5 nitrogen and oxygen atoms in total. The zero-order valence-corrected chi connectivity index (χ0v) is 14.1. The number of ketones is 1. The molecule has 0 aliphatic heterocycles. The van der Waals surface area contributed by atoms with Crippen molar-refractivity contribution in [2.45, 2.75) is 27.7 Å². The van der Waals surface area contributed by atoms with Crippen molar-refractivity contribution >= 4 is 11.8 Å². The Morgan fingerprint density at radius 3 is 2.39 bits per heavy atom. The number of methoxy groups -OCH3 is 1. The molecule has 1 aromatic heterocycles. The van der Waals surface area contributed by atoms with E-state index in [0.717, 1.165) is 5.56 Å². The molecule has 0 aliphatic carbocycles. The third kappa shape index (κ3) is 3.44. The zero-order valence-electron chi connectivity index (χ0n) is 14.1. The third-order valence-electron chi connectivity index (χ3n) is 3.95. The van der Waals surface area contributed by atoms with Crippen LogP contribution in [0, 0.1) is 27.7 Å². The number of benzene rings is 1. The molecule has 0 radical (unpaired) electrons. The second-order valence-corrected chi connectivity index (χ2v) is 5.57. The summed E-state index contributed by atoms with van der Waals surface area (Å²) >= 11 is 0. The maximum atomic E-state index is 12.4. The second kappa shape index (κ2) is 6.69. The van der Waals surface area contributed by atoms with E-state index in [1.807, 2.05) is 32.0 Å². The summed E-state index contributed by atoms with van der Waals surface area (Å²) in [5.41, 5.74) is 4.26. The Labute approximate surface area is 135 Å². The number of carbonyl (C=O) groups excluding carboxylic acids is 2. The van der Waals surface area contributed by atoms with E-state index in [2.05, 4.69) is 4.98 Å². The van der Waals surface area contributed by atoms with Gasteiger partial charge >= 0.3 is 5.97 Å². The highest BCUT2D eigenvalue weighted by Crippen LogP contribution is 2.20. The predicted octanol–water partition coefficient (Wildman–Crippen LogP) is 3.30. The average Bonchev–Trinajstić information content (AvgIpc) is 2.82. The Balaban J connectivity index is 2.15. The van der Waals surface area contributed by atoms with Gasteiger partial charge in [-0.05, 0) is 56.5 Å². The number of Topliss-reactive ketones (excluding diaryl/α,β-unsaturated/α-hetero) is 1. The molecule has 0 atom stereocenters. The monoisotopic (exact) mass is 315 g/mol. The third-order valence-corrected chi connectivity index (χ3v) is 3.95. The van der Waals surface area contributed by atoms with Gasteiger partial charge in [0.15, 0.2) is 6.61 Å². The Morgan fingerprint density at radius 1 is 1.09 bits per heavy atom. The van der Waals surface area contributed by atoms with Gasteiger partial charge in [0.1, 0.15) is 5.75 Å². The molecule has 1 N–H and O–H groups in total. The van der Waals surface area contributed by atoms with Gasteiger partial charge in [-0.1, -0.05) is 6.07 Å². The van der Waals surface area contributed by atoms with E-state index in [0.29, 0.717) is 28.3 Å². The smallest absolute Gasteiger partial charge is 0.339 e. The van der Waals surface area contributed by atoms with E-state index in [-0.39, 0.29) is 12.4 Å². The highest BCUT2D eigenvalue weighted by Gasteiger charge is 2.22. The lowest BCUT2D eigenvalue weighted by molar-refractivity contribution is 0.0599. The number of hydrogen-bond acceptors (Lipinski definition) is 4. The van der Waals surface area contributed by atoms with Gasteiger partial charge in [-0.15, -0.1) is 0 Å². The van der Waals surface area contributed by atoms with Crippen LogP contribution in [-0.2, 0) is 4.74 Å². The summed E-state index contributed by atoms with van der Waals surface area (Å²) in [5.74, 6) is -0.0140. The molecule has 0 aliphatic rings. The predicted molar refractivity (Wildman–Crippen MR) is 87.3 cm³/mol. The first-order valence-corrected chi connectivity index (χ1v) is 7.36. The van der Waals surface area contributed by atoms with E-state index in [1.165, 1.54) is 12.7 Å². The molecule has 0 spiro atoms. The van der Waals surface area contributed by atoms with Crippen LogP contribution in [0.5, 0.6) is 5.75 Å². The summed E-state index contributed by atoms with van der Waals surface area (Å²) in [4.78, 5) is 27.1. The molecule has 0 saturated heterocycles. The molecule has 0 amide bonds. The maximum absolute atomic E-state index is 12.4. The van der Waals surface area contributed by atoms with Crippen molar-refractivity contribution < 1.29 is 19.1 Å². The highest BCUT2D eigenvalue weighted by atomic mass is 16.5. The van der Waals surface area contributed by atoms with Gasteiger partial charge in [0, 0.05) is 5.69 Å². The van der Waals surface area contributed by atoms with Crippen LogP contribution in [0.2, 0.25) is 0 Å². The number of aromatic amines is 1. The van der Waals surface area contributed by atoms with E-state index in [9.17, 15) is 9.59 Å². The Morgan fingerprint density at radius 2 is 1.78 bits per heavy atom. The van der Waals surface area contributed by atoms with Crippen LogP contribution in [0.1, 0.15) is 43.2 Å². The molecule has 0 fully saturated rings. The summed E-state index contributed by atoms with van der Waals surface area (Å²) in [5, 5.41) is 0. The number of aryl methyl sites for hydroxylation is 3. The summed E-state index contributed by atoms with van der Waals surface area (Å²) in [7, 11) is 1.32. The first-order valence-electron chi connectivity index (χ1n) is 7.36. The van der Waals surface area contributed by atoms with E-state index < -0.39 is 5.97 Å². The van der Waals surface area contributed by atoms with Crippen molar-refractivity contribution in [2.24, 2.45) is 0 Å². The number of rotatable bonds is 5. The van der Waals surface area contributed by atoms with Crippen molar-refractivity contribution in [1.82, 2.24) is 4.98 Å². The fourth-order valence-electron chi connectivity index (χ4n) is 2.46. The molecule has 1 heterocycles. The molecule has 122 valence electrons. The fraction of sp³-hybridized carbons (Fsp3) is 0.333. The minimum Gasteiger partial charge on any atom is -0.485 e. The lowest BCUT2D eigenvalue weighted by atomic mass is 10.1. The van der Waals surface area contributed by atoms with Gasteiger partial charge in [0.05, 0.1) is 18.4 Å². The van der Waals surface area contributed by atoms with Crippen molar-refractivity contribution in [3.63, 3.8) is 0 Å². The highest BCUT2D eigenvalue weighted by molar-refractivity contribution is 6.02. The lowest BCUT2D eigenvalue weighted by Crippen LogP contribution is -2.13.